The SMILES string of the molecule is N#Cc1ccc(C(=O)NCc2nn[nH]n2)cc1. The summed E-state index contributed by atoms with van der Waals surface area (Å²) >= 11 is 0. The second-order valence-electron chi connectivity index (χ2n) is 3.20. The Morgan fingerprint density at radius 2 is 2.18 bits per heavy atom. The van der Waals surface area contributed by atoms with Gasteiger partial charge in [0, 0.05) is 5.56 Å². The molecule has 0 fully saturated rings. The van der Waals surface area contributed by atoms with E-state index in [1.165, 1.54) is 0 Å². The molecule has 2 rings (SSSR count). The molecule has 0 aliphatic carbocycles. The molecule has 0 unspecified atom stereocenters. The van der Waals surface area contributed by atoms with Crippen LogP contribution in [0, 0.1) is 11.3 Å². The summed E-state index contributed by atoms with van der Waals surface area (Å²) in [6.07, 6.45) is 0. The van der Waals surface area contributed by atoms with Crippen LogP contribution in [0.1, 0.15) is 21.7 Å². The van der Waals surface area contributed by atoms with Crippen LogP contribution in [0.5, 0.6) is 0 Å². The quantitative estimate of drug-likeness (QED) is 0.768. The second-order valence-corrected chi connectivity index (χ2v) is 3.20. The first-order valence-electron chi connectivity index (χ1n) is 4.80. The molecular formula is C10H8N6O. The number of carbonyl (C=O) groups is 1. The number of amides is 1. The predicted octanol–water partition coefficient (Wildman–Crippen LogP) is 0.00138. The Morgan fingerprint density at radius 1 is 1.41 bits per heavy atom. The van der Waals surface area contributed by atoms with Crippen molar-refractivity contribution in [1.82, 2.24) is 25.9 Å². The maximum atomic E-state index is 11.7. The van der Waals surface area contributed by atoms with Gasteiger partial charge in [0.25, 0.3) is 5.91 Å². The smallest absolute Gasteiger partial charge is 0.251 e. The minimum atomic E-state index is -0.251. The van der Waals surface area contributed by atoms with Crippen molar-refractivity contribution in [2.75, 3.05) is 0 Å². The zero-order chi connectivity index (χ0) is 12.1. The number of nitrogens with zero attached hydrogens (tertiary/aromatic N) is 4. The first-order valence-corrected chi connectivity index (χ1v) is 4.80. The van der Waals surface area contributed by atoms with Crippen molar-refractivity contribution < 1.29 is 4.79 Å². The Balaban J connectivity index is 1.97. The summed E-state index contributed by atoms with van der Waals surface area (Å²) in [4.78, 5) is 11.7. The summed E-state index contributed by atoms with van der Waals surface area (Å²) in [6, 6.07) is 8.33. The molecule has 0 atom stereocenters. The number of aromatic amines is 1. The molecule has 2 N–H and O–H groups in total. The van der Waals surface area contributed by atoms with E-state index in [9.17, 15) is 4.79 Å². The zero-order valence-electron chi connectivity index (χ0n) is 8.71. The molecule has 1 aromatic heterocycles. The molecule has 1 heterocycles. The number of H-pyrrole nitrogens is 1. The van der Waals surface area contributed by atoms with Gasteiger partial charge in [0.2, 0.25) is 0 Å². The molecule has 0 radical (unpaired) electrons. The number of nitriles is 1. The van der Waals surface area contributed by atoms with Gasteiger partial charge in [-0.05, 0) is 24.3 Å². The van der Waals surface area contributed by atoms with Crippen LogP contribution in [0.15, 0.2) is 24.3 Å². The summed E-state index contributed by atoms with van der Waals surface area (Å²) in [5.41, 5.74) is 0.993. The Morgan fingerprint density at radius 3 is 2.76 bits per heavy atom. The van der Waals surface area contributed by atoms with Gasteiger partial charge in [-0.1, -0.05) is 5.21 Å². The maximum Gasteiger partial charge on any atom is 0.251 e. The second kappa shape index (κ2) is 4.85. The third-order valence-electron chi connectivity index (χ3n) is 2.07. The Hall–Kier alpha value is -2.75. The molecule has 1 amide bonds. The molecule has 0 bridgehead atoms. The van der Waals surface area contributed by atoms with Crippen LogP contribution in [-0.2, 0) is 6.54 Å². The Labute approximate surface area is 96.5 Å². The molecule has 0 saturated carbocycles. The van der Waals surface area contributed by atoms with Crippen molar-refractivity contribution in [3.63, 3.8) is 0 Å². The number of tetrazole rings is 1. The predicted molar refractivity (Wildman–Crippen MR) is 56.5 cm³/mol. The van der Waals surface area contributed by atoms with E-state index in [4.69, 9.17) is 5.26 Å². The topological polar surface area (TPSA) is 107 Å². The van der Waals surface area contributed by atoms with Crippen LogP contribution >= 0.6 is 0 Å². The van der Waals surface area contributed by atoms with E-state index in [1.807, 2.05) is 6.07 Å². The monoisotopic (exact) mass is 228 g/mol. The molecule has 17 heavy (non-hydrogen) atoms. The van der Waals surface area contributed by atoms with E-state index in [2.05, 4.69) is 25.9 Å². The summed E-state index contributed by atoms with van der Waals surface area (Å²) in [7, 11) is 0. The van der Waals surface area contributed by atoms with E-state index < -0.39 is 0 Å². The van der Waals surface area contributed by atoms with Gasteiger partial charge in [-0.2, -0.15) is 10.5 Å². The molecule has 0 spiro atoms. The van der Waals surface area contributed by atoms with Crippen molar-refractivity contribution >= 4 is 5.91 Å². The van der Waals surface area contributed by atoms with Gasteiger partial charge >= 0.3 is 0 Å². The van der Waals surface area contributed by atoms with Crippen molar-refractivity contribution in [3.05, 3.63) is 41.2 Å². The average Bonchev–Trinajstić information content (AvgIpc) is 2.89. The van der Waals surface area contributed by atoms with Crippen LogP contribution in [0.2, 0.25) is 0 Å². The molecule has 0 saturated heterocycles. The van der Waals surface area contributed by atoms with Crippen LogP contribution in [0.25, 0.3) is 0 Å². The van der Waals surface area contributed by atoms with Crippen LogP contribution in [0.3, 0.4) is 0 Å². The van der Waals surface area contributed by atoms with Crippen molar-refractivity contribution in [2.45, 2.75) is 6.54 Å². The van der Waals surface area contributed by atoms with E-state index in [0.29, 0.717) is 17.0 Å². The van der Waals surface area contributed by atoms with Gasteiger partial charge in [0.05, 0.1) is 18.2 Å². The number of aromatic nitrogens is 4. The summed E-state index contributed by atoms with van der Waals surface area (Å²) in [5, 5.41) is 24.3. The van der Waals surface area contributed by atoms with Crippen molar-refractivity contribution in [3.8, 4) is 6.07 Å². The molecule has 2 aromatic rings. The standard InChI is InChI=1S/C10H8N6O/c11-5-7-1-3-8(4-2-7)10(17)12-6-9-13-15-16-14-9/h1-4H,6H2,(H,12,17)(H,13,14,15,16). The molecule has 84 valence electrons. The fourth-order valence-electron chi connectivity index (χ4n) is 1.21. The van der Waals surface area contributed by atoms with Gasteiger partial charge in [-0.15, -0.1) is 10.2 Å². The fourth-order valence-corrected chi connectivity index (χ4v) is 1.21. The maximum absolute atomic E-state index is 11.7. The molecule has 7 heteroatoms. The highest BCUT2D eigenvalue weighted by molar-refractivity contribution is 5.94. The highest BCUT2D eigenvalue weighted by Gasteiger charge is 2.06. The number of rotatable bonds is 3. The Kier molecular flexibility index (Phi) is 3.07. The van der Waals surface area contributed by atoms with Crippen LogP contribution in [0.4, 0.5) is 0 Å². The first-order chi connectivity index (χ1) is 8.29. The molecule has 1 aromatic carbocycles. The Bertz CT molecular complexity index is 539. The lowest BCUT2D eigenvalue weighted by atomic mass is 10.1. The van der Waals surface area contributed by atoms with Gasteiger partial charge < -0.3 is 5.32 Å². The summed E-state index contributed by atoms with van der Waals surface area (Å²) in [6.45, 7) is 0.204. The normalized spacial score (nSPS) is 9.59. The van der Waals surface area contributed by atoms with Crippen LogP contribution < -0.4 is 5.32 Å². The fraction of sp³-hybridized carbons (Fsp3) is 0.100. The van der Waals surface area contributed by atoms with E-state index in [1.54, 1.807) is 24.3 Å². The summed E-state index contributed by atoms with van der Waals surface area (Å²) < 4.78 is 0. The third kappa shape index (κ3) is 2.63. The van der Waals surface area contributed by atoms with Crippen LogP contribution in [-0.4, -0.2) is 26.5 Å². The lowest BCUT2D eigenvalue weighted by molar-refractivity contribution is 0.0950. The average molecular weight is 228 g/mol. The lowest BCUT2D eigenvalue weighted by Gasteiger charge is -2.01. The summed E-state index contributed by atoms with van der Waals surface area (Å²) in [5.74, 6) is 0.159. The van der Waals surface area contributed by atoms with E-state index in [0.717, 1.165) is 0 Å². The highest BCUT2D eigenvalue weighted by Crippen LogP contribution is 2.03. The van der Waals surface area contributed by atoms with Crippen molar-refractivity contribution in [1.29, 1.82) is 5.26 Å². The van der Waals surface area contributed by atoms with E-state index >= 15 is 0 Å². The molecule has 0 aliphatic rings. The number of carbonyl (C=O) groups excluding carboxylic acids is 1. The van der Waals surface area contributed by atoms with Gasteiger partial charge in [-0.25, -0.2) is 0 Å². The molecular weight excluding hydrogens is 220 g/mol. The largest absolute Gasteiger partial charge is 0.345 e. The van der Waals surface area contributed by atoms with Crippen molar-refractivity contribution in [2.24, 2.45) is 0 Å². The van der Waals surface area contributed by atoms with E-state index in [-0.39, 0.29) is 12.5 Å². The first kappa shape index (κ1) is 10.8. The lowest BCUT2D eigenvalue weighted by Crippen LogP contribution is -2.23. The molecule has 7 nitrogen and oxygen atoms in total. The number of nitrogens with one attached hydrogen (secondary N) is 2. The number of hydrogen-bond donors (Lipinski definition) is 2. The highest BCUT2D eigenvalue weighted by atomic mass is 16.1. The van der Waals surface area contributed by atoms with Gasteiger partial charge in [0.1, 0.15) is 0 Å². The number of hydrogen-bond acceptors (Lipinski definition) is 5. The minimum Gasteiger partial charge on any atom is -0.345 e. The van der Waals surface area contributed by atoms with Gasteiger partial charge in [-0.3, -0.25) is 4.79 Å². The number of benzene rings is 1. The molecule has 0 aliphatic heterocycles. The van der Waals surface area contributed by atoms with Gasteiger partial charge in [0.15, 0.2) is 5.82 Å². The minimum absolute atomic E-state index is 0.204. The zero-order valence-corrected chi connectivity index (χ0v) is 8.71. The third-order valence-corrected chi connectivity index (χ3v) is 2.07.